The number of non-ortho nitro benzene ring substituents is 1. The summed E-state index contributed by atoms with van der Waals surface area (Å²) in [5.74, 6) is -0.218. The van der Waals surface area contributed by atoms with Gasteiger partial charge in [-0.25, -0.2) is 4.99 Å². The van der Waals surface area contributed by atoms with Crippen LogP contribution in [0.4, 0.5) is 23.0 Å². The Hall–Kier alpha value is -3.28. The zero-order chi connectivity index (χ0) is 20.1. The van der Waals surface area contributed by atoms with E-state index in [9.17, 15) is 14.9 Å². The third kappa shape index (κ3) is 4.52. The minimum atomic E-state index is -0.683. The molecule has 0 aliphatic rings. The van der Waals surface area contributed by atoms with Crippen LogP contribution >= 0.6 is 22.6 Å². The van der Waals surface area contributed by atoms with Gasteiger partial charge in [-0.05, 0) is 35.4 Å². The van der Waals surface area contributed by atoms with E-state index in [1.807, 2.05) is 24.3 Å². The Bertz CT molecular complexity index is 1050. The molecular weight excluding hydrogens is 475 g/mol. The first-order chi connectivity index (χ1) is 13.5. The van der Waals surface area contributed by atoms with Gasteiger partial charge in [0.1, 0.15) is 11.4 Å². The van der Waals surface area contributed by atoms with Crippen molar-refractivity contribution in [3.63, 3.8) is 0 Å². The first-order valence-electron chi connectivity index (χ1n) is 8.06. The molecular formula is C18H15IN6O3. The van der Waals surface area contributed by atoms with Crippen LogP contribution in [-0.2, 0) is 4.43 Å². The number of carbonyl (C=O) groups is 1. The zero-order valence-electron chi connectivity index (χ0n) is 14.4. The number of nitrogens with one attached hydrogen (secondary N) is 2. The zero-order valence-corrected chi connectivity index (χ0v) is 16.6. The maximum Gasteiger partial charge on any atom is 0.269 e. The molecule has 1 amide bonds. The van der Waals surface area contributed by atoms with E-state index < -0.39 is 10.8 Å². The second-order valence-electron chi connectivity index (χ2n) is 5.73. The lowest BCUT2D eigenvalue weighted by Crippen LogP contribution is -2.12. The van der Waals surface area contributed by atoms with Crippen molar-refractivity contribution in [2.24, 2.45) is 10.7 Å². The van der Waals surface area contributed by atoms with Gasteiger partial charge >= 0.3 is 0 Å². The van der Waals surface area contributed by atoms with E-state index in [-0.39, 0.29) is 17.1 Å². The molecule has 3 aromatic rings. The van der Waals surface area contributed by atoms with Crippen LogP contribution in [0.25, 0.3) is 0 Å². The third-order valence-corrected chi connectivity index (χ3v) is 4.66. The highest BCUT2D eigenvalue weighted by Gasteiger charge is 2.18. The van der Waals surface area contributed by atoms with Crippen LogP contribution < -0.4 is 11.1 Å². The van der Waals surface area contributed by atoms with Gasteiger partial charge in [-0.1, -0.05) is 34.7 Å². The Morgan fingerprint density at radius 1 is 1.32 bits per heavy atom. The molecule has 0 bridgehead atoms. The second-order valence-corrected chi connectivity index (χ2v) is 6.49. The number of amides is 1. The van der Waals surface area contributed by atoms with Gasteiger partial charge in [-0.15, -0.1) is 0 Å². The fourth-order valence-corrected chi connectivity index (χ4v) is 2.92. The molecule has 0 atom stereocenters. The van der Waals surface area contributed by atoms with Gasteiger partial charge in [-0.2, -0.15) is 5.10 Å². The number of nitro benzene ring substituents is 1. The summed E-state index contributed by atoms with van der Waals surface area (Å²) < 4.78 is 0.851. The lowest BCUT2D eigenvalue weighted by Gasteiger charge is -2.06. The number of aromatic amines is 1. The van der Waals surface area contributed by atoms with Crippen molar-refractivity contribution >= 4 is 57.7 Å². The molecule has 0 saturated carbocycles. The van der Waals surface area contributed by atoms with Crippen LogP contribution in [0.15, 0.2) is 53.5 Å². The monoisotopic (exact) mass is 490 g/mol. The molecule has 1 aromatic heterocycles. The molecule has 0 unspecified atom stereocenters. The van der Waals surface area contributed by atoms with Crippen molar-refractivity contribution in [3.05, 3.63) is 75.3 Å². The molecule has 142 valence electrons. The number of rotatable bonds is 7. The fraction of sp³-hybridized carbons (Fsp3) is 0.0556. The van der Waals surface area contributed by atoms with Gasteiger partial charge in [0, 0.05) is 28.5 Å². The normalized spacial score (nSPS) is 10.9. The SMILES string of the molecule is NC(=O)c1c(N=Cc2ccc([N+](=O)[O-])cc2)n[nH]c1Nc1cccc(CI)c1. The molecule has 1 heterocycles. The number of anilines is 2. The number of nitrogens with zero attached hydrogens (tertiary/aromatic N) is 3. The highest BCUT2D eigenvalue weighted by atomic mass is 127. The Morgan fingerprint density at radius 3 is 2.71 bits per heavy atom. The molecule has 28 heavy (non-hydrogen) atoms. The molecule has 3 rings (SSSR count). The van der Waals surface area contributed by atoms with E-state index in [1.54, 1.807) is 12.1 Å². The van der Waals surface area contributed by atoms with Crippen molar-refractivity contribution in [2.45, 2.75) is 4.43 Å². The number of alkyl halides is 1. The number of carbonyl (C=O) groups excluding carboxylic acids is 1. The number of aliphatic imine (C=N–C) groups is 1. The summed E-state index contributed by atoms with van der Waals surface area (Å²) >= 11 is 2.27. The van der Waals surface area contributed by atoms with E-state index in [2.05, 4.69) is 43.1 Å². The van der Waals surface area contributed by atoms with Crippen LogP contribution in [0.5, 0.6) is 0 Å². The van der Waals surface area contributed by atoms with Gasteiger partial charge in [0.15, 0.2) is 5.82 Å². The maximum absolute atomic E-state index is 11.9. The van der Waals surface area contributed by atoms with Crippen LogP contribution in [0.3, 0.4) is 0 Å². The number of primary amides is 1. The quantitative estimate of drug-likeness (QED) is 0.152. The number of aromatic nitrogens is 2. The van der Waals surface area contributed by atoms with Crippen LogP contribution in [-0.4, -0.2) is 27.2 Å². The summed E-state index contributed by atoms with van der Waals surface area (Å²) in [5, 5.41) is 20.6. The van der Waals surface area contributed by atoms with Crippen molar-refractivity contribution in [1.82, 2.24) is 10.2 Å². The molecule has 0 aliphatic carbocycles. The number of hydrogen-bond donors (Lipinski definition) is 3. The van der Waals surface area contributed by atoms with Crippen molar-refractivity contribution in [3.8, 4) is 0 Å². The molecule has 4 N–H and O–H groups in total. The second kappa shape index (κ2) is 8.61. The van der Waals surface area contributed by atoms with Crippen molar-refractivity contribution in [2.75, 3.05) is 5.32 Å². The number of nitro groups is 1. The summed E-state index contributed by atoms with van der Waals surface area (Å²) in [6.45, 7) is 0. The number of halogens is 1. The Balaban J connectivity index is 1.85. The molecule has 0 radical (unpaired) electrons. The summed E-state index contributed by atoms with van der Waals surface area (Å²) in [5.41, 5.74) is 8.14. The van der Waals surface area contributed by atoms with E-state index in [1.165, 1.54) is 18.3 Å². The average molecular weight is 490 g/mol. The van der Waals surface area contributed by atoms with Gasteiger partial charge in [0.25, 0.3) is 11.6 Å². The van der Waals surface area contributed by atoms with E-state index in [4.69, 9.17) is 5.73 Å². The minimum absolute atomic E-state index is 0.0186. The number of H-pyrrole nitrogens is 1. The van der Waals surface area contributed by atoms with Crippen LogP contribution in [0, 0.1) is 10.1 Å². The van der Waals surface area contributed by atoms with E-state index >= 15 is 0 Å². The molecule has 0 aliphatic heterocycles. The summed E-state index contributed by atoms with van der Waals surface area (Å²) in [7, 11) is 0. The van der Waals surface area contributed by atoms with E-state index in [0.29, 0.717) is 11.4 Å². The molecule has 0 spiro atoms. The minimum Gasteiger partial charge on any atom is -0.365 e. The average Bonchev–Trinajstić information content (AvgIpc) is 3.09. The molecule has 0 fully saturated rings. The Kier molecular flexibility index (Phi) is 5.99. The van der Waals surface area contributed by atoms with Gasteiger partial charge in [0.2, 0.25) is 0 Å². The fourth-order valence-electron chi connectivity index (χ4n) is 2.44. The highest BCUT2D eigenvalue weighted by Crippen LogP contribution is 2.27. The molecule has 10 heteroatoms. The lowest BCUT2D eigenvalue weighted by atomic mass is 10.2. The number of benzene rings is 2. The summed E-state index contributed by atoms with van der Waals surface area (Å²) in [6, 6.07) is 13.6. The highest BCUT2D eigenvalue weighted by molar-refractivity contribution is 14.1. The van der Waals surface area contributed by atoms with Gasteiger partial charge in [-0.3, -0.25) is 20.0 Å². The van der Waals surface area contributed by atoms with E-state index in [0.717, 1.165) is 15.7 Å². The van der Waals surface area contributed by atoms with Crippen molar-refractivity contribution < 1.29 is 9.72 Å². The van der Waals surface area contributed by atoms with Crippen LogP contribution in [0.1, 0.15) is 21.5 Å². The lowest BCUT2D eigenvalue weighted by molar-refractivity contribution is -0.384. The Labute approximate surface area is 173 Å². The number of nitrogens with two attached hydrogens (primary N) is 1. The molecule has 2 aromatic carbocycles. The topological polar surface area (TPSA) is 139 Å². The Morgan fingerprint density at radius 2 is 2.07 bits per heavy atom. The smallest absolute Gasteiger partial charge is 0.269 e. The van der Waals surface area contributed by atoms with Crippen molar-refractivity contribution in [1.29, 1.82) is 0 Å². The molecule has 9 nitrogen and oxygen atoms in total. The maximum atomic E-state index is 11.9. The van der Waals surface area contributed by atoms with Gasteiger partial charge < -0.3 is 11.1 Å². The standard InChI is InChI=1S/C18H15IN6O3/c19-9-12-2-1-3-13(8-12)22-18-15(16(20)26)17(23-24-18)21-10-11-4-6-14(7-5-11)25(27)28/h1-8,10H,9H2,(H2,20,26)(H2,22,23,24). The first-order valence-corrected chi connectivity index (χ1v) is 9.59. The predicted molar refractivity (Wildman–Crippen MR) is 115 cm³/mol. The van der Waals surface area contributed by atoms with Crippen LogP contribution in [0.2, 0.25) is 0 Å². The summed E-state index contributed by atoms with van der Waals surface area (Å²) in [4.78, 5) is 26.3. The first kappa shape index (κ1) is 19.5. The predicted octanol–water partition coefficient (Wildman–Crippen LogP) is 3.85. The largest absolute Gasteiger partial charge is 0.365 e. The molecule has 0 saturated heterocycles. The number of hydrogen-bond acceptors (Lipinski definition) is 6. The van der Waals surface area contributed by atoms with Gasteiger partial charge in [0.05, 0.1) is 4.92 Å². The summed E-state index contributed by atoms with van der Waals surface area (Å²) in [6.07, 6.45) is 1.45. The third-order valence-electron chi connectivity index (χ3n) is 3.78.